The van der Waals surface area contributed by atoms with Gasteiger partial charge in [0, 0.05) is 31.6 Å². The molecule has 1 spiro atoms. The molecule has 0 bridgehead atoms. The van der Waals surface area contributed by atoms with Crippen LogP contribution in [-0.4, -0.2) is 44.8 Å². The second kappa shape index (κ2) is 5.00. The van der Waals surface area contributed by atoms with Crippen molar-refractivity contribution in [1.82, 2.24) is 4.31 Å². The van der Waals surface area contributed by atoms with Gasteiger partial charge in [0.15, 0.2) is 5.79 Å². The van der Waals surface area contributed by atoms with Crippen molar-refractivity contribution in [3.63, 3.8) is 0 Å². The predicted octanol–water partition coefficient (Wildman–Crippen LogP) is 0.796. The Bertz CT molecular complexity index is 569. The highest BCUT2D eigenvalue weighted by Crippen LogP contribution is 2.33. The lowest BCUT2D eigenvalue weighted by Gasteiger charge is -2.36. The minimum absolute atomic E-state index is 0.274. The van der Waals surface area contributed by atoms with Crippen LogP contribution in [0.15, 0.2) is 29.2 Å². The first-order valence-electron chi connectivity index (χ1n) is 6.66. The summed E-state index contributed by atoms with van der Waals surface area (Å²) >= 11 is 0. The van der Waals surface area contributed by atoms with Gasteiger partial charge in [0.2, 0.25) is 10.0 Å². The van der Waals surface area contributed by atoms with Gasteiger partial charge in [-0.1, -0.05) is 0 Å². The molecule has 1 aromatic rings. The number of anilines is 1. The quantitative estimate of drug-likeness (QED) is 0.817. The zero-order valence-corrected chi connectivity index (χ0v) is 11.9. The molecule has 2 aliphatic rings. The van der Waals surface area contributed by atoms with Crippen molar-refractivity contribution in [2.45, 2.75) is 23.5 Å². The number of ether oxygens (including phenoxy) is 2. The molecule has 0 aliphatic carbocycles. The average molecular weight is 298 g/mol. The van der Waals surface area contributed by atoms with E-state index in [9.17, 15) is 8.42 Å². The maximum absolute atomic E-state index is 12.5. The fourth-order valence-electron chi connectivity index (χ4n) is 2.64. The lowest BCUT2D eigenvalue weighted by Crippen LogP contribution is -2.47. The van der Waals surface area contributed by atoms with E-state index in [0.29, 0.717) is 44.8 Å². The Morgan fingerprint density at radius 1 is 1.05 bits per heavy atom. The Morgan fingerprint density at radius 2 is 1.60 bits per heavy atom. The van der Waals surface area contributed by atoms with Crippen molar-refractivity contribution >= 4 is 15.7 Å². The third-order valence-electron chi connectivity index (χ3n) is 3.82. The molecule has 2 heterocycles. The second-order valence-corrected chi connectivity index (χ2v) is 7.02. The Kier molecular flexibility index (Phi) is 3.45. The van der Waals surface area contributed by atoms with E-state index in [1.807, 2.05) is 0 Å². The molecular formula is C13H18N2O4S. The molecule has 3 rings (SSSR count). The zero-order chi connectivity index (χ0) is 14.2. The van der Waals surface area contributed by atoms with Crippen LogP contribution in [-0.2, 0) is 19.5 Å². The number of piperidine rings is 1. The summed E-state index contributed by atoms with van der Waals surface area (Å²) in [5, 5.41) is 0. The average Bonchev–Trinajstić information content (AvgIpc) is 2.88. The van der Waals surface area contributed by atoms with Gasteiger partial charge >= 0.3 is 0 Å². The Labute approximate surface area is 118 Å². The van der Waals surface area contributed by atoms with Crippen LogP contribution in [0.2, 0.25) is 0 Å². The predicted molar refractivity (Wildman–Crippen MR) is 73.5 cm³/mol. The summed E-state index contributed by atoms with van der Waals surface area (Å²) in [6.45, 7) is 1.99. The third-order valence-corrected chi connectivity index (χ3v) is 5.73. The molecule has 0 aromatic heterocycles. The Balaban J connectivity index is 1.75. The number of hydrogen-bond donors (Lipinski definition) is 1. The van der Waals surface area contributed by atoms with Crippen molar-refractivity contribution in [2.75, 3.05) is 32.0 Å². The number of benzene rings is 1. The monoisotopic (exact) mass is 298 g/mol. The lowest BCUT2D eigenvalue weighted by molar-refractivity contribution is -0.179. The van der Waals surface area contributed by atoms with E-state index in [2.05, 4.69) is 0 Å². The van der Waals surface area contributed by atoms with E-state index >= 15 is 0 Å². The van der Waals surface area contributed by atoms with E-state index in [1.54, 1.807) is 12.1 Å². The molecule has 0 amide bonds. The van der Waals surface area contributed by atoms with Gasteiger partial charge in [0.25, 0.3) is 0 Å². The zero-order valence-electron chi connectivity index (χ0n) is 11.1. The fraction of sp³-hybridized carbons (Fsp3) is 0.538. The van der Waals surface area contributed by atoms with Crippen molar-refractivity contribution in [3.05, 3.63) is 24.3 Å². The number of sulfonamides is 1. The highest BCUT2D eigenvalue weighted by molar-refractivity contribution is 7.89. The summed E-state index contributed by atoms with van der Waals surface area (Å²) in [5.41, 5.74) is 6.14. The van der Waals surface area contributed by atoms with Gasteiger partial charge < -0.3 is 15.2 Å². The normalized spacial score (nSPS) is 23.2. The van der Waals surface area contributed by atoms with Gasteiger partial charge in [0.05, 0.1) is 18.1 Å². The molecule has 0 unspecified atom stereocenters. The molecular weight excluding hydrogens is 280 g/mol. The minimum atomic E-state index is -3.46. The molecule has 110 valence electrons. The highest BCUT2D eigenvalue weighted by atomic mass is 32.2. The van der Waals surface area contributed by atoms with Gasteiger partial charge in [0.1, 0.15) is 0 Å². The van der Waals surface area contributed by atoms with Gasteiger partial charge in [-0.3, -0.25) is 0 Å². The molecule has 20 heavy (non-hydrogen) atoms. The second-order valence-electron chi connectivity index (χ2n) is 5.08. The van der Waals surface area contributed by atoms with E-state index < -0.39 is 15.8 Å². The van der Waals surface area contributed by atoms with Gasteiger partial charge in [-0.2, -0.15) is 4.31 Å². The Morgan fingerprint density at radius 3 is 2.15 bits per heavy atom. The van der Waals surface area contributed by atoms with Crippen LogP contribution in [0.3, 0.4) is 0 Å². The van der Waals surface area contributed by atoms with Crippen molar-refractivity contribution < 1.29 is 17.9 Å². The van der Waals surface area contributed by atoms with E-state index in [1.165, 1.54) is 16.4 Å². The number of nitrogens with zero attached hydrogens (tertiary/aromatic N) is 1. The summed E-state index contributed by atoms with van der Waals surface area (Å²) < 4.78 is 37.7. The van der Waals surface area contributed by atoms with Crippen LogP contribution in [0.1, 0.15) is 12.8 Å². The van der Waals surface area contributed by atoms with Crippen LogP contribution in [0.4, 0.5) is 5.69 Å². The van der Waals surface area contributed by atoms with E-state index in [0.717, 1.165) is 0 Å². The number of nitrogen functional groups attached to an aromatic ring is 1. The summed E-state index contributed by atoms with van der Waals surface area (Å²) in [6.07, 6.45) is 1.14. The molecule has 6 nitrogen and oxygen atoms in total. The van der Waals surface area contributed by atoms with Crippen LogP contribution in [0.25, 0.3) is 0 Å². The first kappa shape index (κ1) is 13.8. The standard InChI is InChI=1S/C13H18N2O4S/c14-11-1-3-12(4-2-11)20(16,17)15-7-5-13(6-8-15)18-9-10-19-13/h1-4H,5-10,14H2. The summed E-state index contributed by atoms with van der Waals surface area (Å²) in [5.74, 6) is -0.562. The van der Waals surface area contributed by atoms with Gasteiger partial charge in [-0.05, 0) is 24.3 Å². The van der Waals surface area contributed by atoms with Crippen molar-refractivity contribution in [3.8, 4) is 0 Å². The van der Waals surface area contributed by atoms with Gasteiger partial charge in [-0.25, -0.2) is 8.42 Å². The molecule has 2 fully saturated rings. The molecule has 1 aromatic carbocycles. The summed E-state index contributed by atoms with van der Waals surface area (Å²) in [7, 11) is -3.46. The highest BCUT2D eigenvalue weighted by Gasteiger charge is 2.42. The van der Waals surface area contributed by atoms with E-state index in [4.69, 9.17) is 15.2 Å². The lowest BCUT2D eigenvalue weighted by atomic mass is 10.1. The van der Waals surface area contributed by atoms with Crippen LogP contribution in [0, 0.1) is 0 Å². The fourth-order valence-corrected chi connectivity index (χ4v) is 4.08. The topological polar surface area (TPSA) is 81.9 Å². The molecule has 2 N–H and O–H groups in total. The number of nitrogens with two attached hydrogens (primary N) is 1. The van der Waals surface area contributed by atoms with Crippen molar-refractivity contribution in [2.24, 2.45) is 0 Å². The Hall–Kier alpha value is -1.15. The number of hydrogen-bond acceptors (Lipinski definition) is 5. The largest absolute Gasteiger partial charge is 0.399 e. The first-order chi connectivity index (χ1) is 9.52. The molecule has 7 heteroatoms. The number of rotatable bonds is 2. The van der Waals surface area contributed by atoms with E-state index in [-0.39, 0.29) is 4.90 Å². The minimum Gasteiger partial charge on any atom is -0.399 e. The first-order valence-corrected chi connectivity index (χ1v) is 8.10. The smallest absolute Gasteiger partial charge is 0.243 e. The molecule has 2 saturated heterocycles. The maximum Gasteiger partial charge on any atom is 0.243 e. The summed E-state index contributed by atoms with van der Waals surface area (Å²) in [6, 6.07) is 6.28. The third kappa shape index (κ3) is 2.42. The maximum atomic E-state index is 12.5. The molecule has 0 atom stereocenters. The van der Waals surface area contributed by atoms with Crippen molar-refractivity contribution in [1.29, 1.82) is 0 Å². The van der Waals surface area contributed by atoms with Crippen LogP contribution >= 0.6 is 0 Å². The summed E-state index contributed by atoms with van der Waals surface area (Å²) in [4.78, 5) is 0.274. The SMILES string of the molecule is Nc1ccc(S(=O)(=O)N2CCC3(CC2)OCCO3)cc1. The van der Waals surface area contributed by atoms with Crippen LogP contribution in [0.5, 0.6) is 0 Å². The molecule has 2 aliphatic heterocycles. The molecule has 0 radical (unpaired) electrons. The van der Waals surface area contributed by atoms with Gasteiger partial charge in [-0.15, -0.1) is 0 Å². The molecule has 0 saturated carbocycles. The van der Waals surface area contributed by atoms with Crippen LogP contribution < -0.4 is 5.73 Å².